The number of carbonyl (C=O) groups is 1. The molecule has 0 atom stereocenters. The normalized spacial score (nSPS) is 17.8. The molecule has 2 aromatic rings. The zero-order valence-corrected chi connectivity index (χ0v) is 19.5. The van der Waals surface area contributed by atoms with E-state index in [4.69, 9.17) is 9.47 Å². The molecule has 2 fully saturated rings. The second-order valence-electron chi connectivity index (χ2n) is 9.11. The molecule has 2 aliphatic carbocycles. The molecular formula is C24H35N5O3. The first kappa shape index (κ1) is 22.6. The third-order valence-electron chi connectivity index (χ3n) is 6.83. The van der Waals surface area contributed by atoms with Gasteiger partial charge in [0.25, 0.3) is 0 Å². The summed E-state index contributed by atoms with van der Waals surface area (Å²) < 4.78 is 13.5. The Morgan fingerprint density at radius 2 is 1.78 bits per heavy atom. The average Bonchev–Trinajstić information content (AvgIpc) is 3.19. The van der Waals surface area contributed by atoms with E-state index in [1.165, 1.54) is 38.5 Å². The predicted molar refractivity (Wildman–Crippen MR) is 121 cm³/mol. The van der Waals surface area contributed by atoms with Crippen molar-refractivity contribution in [3.8, 4) is 17.1 Å². The molecule has 2 aliphatic rings. The van der Waals surface area contributed by atoms with Crippen LogP contribution in [0, 0.1) is 6.92 Å². The van der Waals surface area contributed by atoms with E-state index in [0.29, 0.717) is 5.82 Å². The molecule has 2 heterocycles. The van der Waals surface area contributed by atoms with E-state index in [2.05, 4.69) is 15.1 Å². The molecule has 0 saturated heterocycles. The quantitative estimate of drug-likeness (QED) is 0.640. The minimum absolute atomic E-state index is 0.129. The Morgan fingerprint density at radius 3 is 2.47 bits per heavy atom. The van der Waals surface area contributed by atoms with E-state index in [-0.39, 0.29) is 24.8 Å². The molecule has 8 heteroatoms. The zero-order valence-electron chi connectivity index (χ0n) is 19.5. The number of amides is 1. The van der Waals surface area contributed by atoms with Crippen LogP contribution in [0.5, 0.6) is 5.75 Å². The molecule has 1 amide bonds. The zero-order chi connectivity index (χ0) is 22.5. The SMILES string of the molecule is Cc1nc(-c2cnn(C)c2COC(=O)N(C)C2CCCCC2)ncc1OC1CCCCC1. The first-order chi connectivity index (χ1) is 15.5. The van der Waals surface area contributed by atoms with Crippen molar-refractivity contribution >= 4 is 6.09 Å². The van der Waals surface area contributed by atoms with Crippen LogP contribution in [0.2, 0.25) is 0 Å². The van der Waals surface area contributed by atoms with Gasteiger partial charge >= 0.3 is 6.09 Å². The van der Waals surface area contributed by atoms with Gasteiger partial charge in [-0.15, -0.1) is 0 Å². The molecule has 0 N–H and O–H groups in total. The van der Waals surface area contributed by atoms with E-state index >= 15 is 0 Å². The third-order valence-corrected chi connectivity index (χ3v) is 6.83. The van der Waals surface area contributed by atoms with Gasteiger partial charge in [0.05, 0.1) is 35.4 Å². The molecule has 0 aromatic carbocycles. The third kappa shape index (κ3) is 5.22. The predicted octanol–water partition coefficient (Wildman–Crippen LogP) is 4.80. The number of nitrogens with zero attached hydrogens (tertiary/aromatic N) is 5. The lowest BCUT2D eigenvalue weighted by atomic mass is 9.95. The summed E-state index contributed by atoms with van der Waals surface area (Å²) in [7, 11) is 3.67. The van der Waals surface area contributed by atoms with Crippen LogP contribution in [-0.2, 0) is 18.4 Å². The van der Waals surface area contributed by atoms with Gasteiger partial charge in [-0.1, -0.05) is 25.7 Å². The molecule has 4 rings (SSSR count). The maximum Gasteiger partial charge on any atom is 0.410 e. The highest BCUT2D eigenvalue weighted by atomic mass is 16.6. The number of carbonyl (C=O) groups excluding carboxylic acids is 1. The van der Waals surface area contributed by atoms with E-state index < -0.39 is 0 Å². The summed E-state index contributed by atoms with van der Waals surface area (Å²) in [6, 6.07) is 0.268. The van der Waals surface area contributed by atoms with Crippen molar-refractivity contribution in [2.75, 3.05) is 7.05 Å². The maximum absolute atomic E-state index is 12.6. The molecule has 32 heavy (non-hydrogen) atoms. The molecule has 2 saturated carbocycles. The van der Waals surface area contributed by atoms with E-state index in [1.54, 1.807) is 22.0 Å². The van der Waals surface area contributed by atoms with Crippen molar-refractivity contribution in [1.29, 1.82) is 0 Å². The van der Waals surface area contributed by atoms with Gasteiger partial charge in [-0.3, -0.25) is 4.68 Å². The van der Waals surface area contributed by atoms with Crippen molar-refractivity contribution in [2.24, 2.45) is 7.05 Å². The first-order valence-electron chi connectivity index (χ1n) is 11.9. The first-order valence-corrected chi connectivity index (χ1v) is 11.9. The van der Waals surface area contributed by atoms with Gasteiger partial charge in [-0.05, 0) is 45.4 Å². The van der Waals surface area contributed by atoms with Crippen molar-refractivity contribution in [1.82, 2.24) is 24.6 Å². The van der Waals surface area contributed by atoms with Crippen molar-refractivity contribution in [3.05, 3.63) is 23.8 Å². The summed E-state index contributed by atoms with van der Waals surface area (Å²) in [5.74, 6) is 1.31. The number of aromatic nitrogens is 4. The van der Waals surface area contributed by atoms with Gasteiger partial charge in [0, 0.05) is 20.1 Å². The number of rotatable bonds is 6. The van der Waals surface area contributed by atoms with Gasteiger partial charge in [0.1, 0.15) is 6.61 Å². The van der Waals surface area contributed by atoms with Crippen molar-refractivity contribution in [3.63, 3.8) is 0 Å². The standard InChI is InChI=1S/C24H35N5O3/c1-17-22(32-19-12-8-5-9-13-19)15-25-23(27-17)20-14-26-29(3)21(20)16-31-24(30)28(2)18-10-6-4-7-11-18/h14-15,18-19H,4-13,16H2,1-3H3. The second kappa shape index (κ2) is 10.3. The van der Waals surface area contributed by atoms with E-state index in [0.717, 1.165) is 48.4 Å². The van der Waals surface area contributed by atoms with Gasteiger partial charge < -0.3 is 14.4 Å². The Balaban J connectivity index is 1.42. The highest BCUT2D eigenvalue weighted by Gasteiger charge is 2.24. The highest BCUT2D eigenvalue weighted by molar-refractivity contribution is 5.68. The molecule has 174 valence electrons. The fourth-order valence-corrected chi connectivity index (χ4v) is 4.73. The van der Waals surface area contributed by atoms with Gasteiger partial charge in [0.15, 0.2) is 11.6 Å². The fourth-order valence-electron chi connectivity index (χ4n) is 4.73. The topological polar surface area (TPSA) is 82.4 Å². The Kier molecular flexibility index (Phi) is 7.27. The highest BCUT2D eigenvalue weighted by Crippen LogP contribution is 2.28. The Hall–Kier alpha value is -2.64. The number of ether oxygens (including phenoxy) is 2. The monoisotopic (exact) mass is 441 g/mol. The van der Waals surface area contributed by atoms with Gasteiger partial charge in [-0.25, -0.2) is 14.8 Å². The second-order valence-corrected chi connectivity index (χ2v) is 9.11. The molecule has 8 nitrogen and oxygen atoms in total. The molecule has 0 aliphatic heterocycles. The van der Waals surface area contributed by atoms with Gasteiger partial charge in [-0.2, -0.15) is 5.10 Å². The summed E-state index contributed by atoms with van der Waals surface area (Å²) in [6.07, 6.45) is 15.0. The Bertz CT molecular complexity index is 916. The molecule has 2 aromatic heterocycles. The average molecular weight is 442 g/mol. The Labute approximate surface area is 190 Å². The summed E-state index contributed by atoms with van der Waals surface area (Å²) >= 11 is 0. The summed E-state index contributed by atoms with van der Waals surface area (Å²) in [6.45, 7) is 2.07. The molecule has 0 radical (unpaired) electrons. The Morgan fingerprint density at radius 1 is 1.09 bits per heavy atom. The molecular weight excluding hydrogens is 406 g/mol. The lowest BCUT2D eigenvalue weighted by Crippen LogP contribution is -2.38. The smallest absolute Gasteiger partial charge is 0.410 e. The van der Waals surface area contributed by atoms with E-state index in [9.17, 15) is 4.79 Å². The van der Waals surface area contributed by atoms with Crippen LogP contribution in [0.1, 0.15) is 75.6 Å². The number of hydrogen-bond acceptors (Lipinski definition) is 6. The van der Waals surface area contributed by atoms with Crippen molar-refractivity contribution < 1.29 is 14.3 Å². The van der Waals surface area contributed by atoms with Crippen LogP contribution in [0.4, 0.5) is 4.79 Å². The molecule has 0 unspecified atom stereocenters. The number of hydrogen-bond donors (Lipinski definition) is 0. The number of aryl methyl sites for hydroxylation is 2. The van der Waals surface area contributed by atoms with Crippen LogP contribution in [0.3, 0.4) is 0 Å². The summed E-state index contributed by atoms with van der Waals surface area (Å²) in [5, 5.41) is 4.35. The minimum atomic E-state index is -0.294. The largest absolute Gasteiger partial charge is 0.487 e. The van der Waals surface area contributed by atoms with Crippen LogP contribution < -0.4 is 4.74 Å². The lowest BCUT2D eigenvalue weighted by Gasteiger charge is -2.30. The molecule has 0 bridgehead atoms. The van der Waals surface area contributed by atoms with Crippen LogP contribution in [0.15, 0.2) is 12.4 Å². The summed E-state index contributed by atoms with van der Waals surface area (Å²) in [4.78, 5) is 23.6. The van der Waals surface area contributed by atoms with Crippen LogP contribution in [-0.4, -0.2) is 49.9 Å². The van der Waals surface area contributed by atoms with E-state index in [1.807, 2.05) is 21.0 Å². The fraction of sp³-hybridized carbons (Fsp3) is 0.667. The summed E-state index contributed by atoms with van der Waals surface area (Å²) in [5.41, 5.74) is 2.35. The molecule has 0 spiro atoms. The minimum Gasteiger partial charge on any atom is -0.487 e. The van der Waals surface area contributed by atoms with Gasteiger partial charge in [0.2, 0.25) is 0 Å². The maximum atomic E-state index is 12.6. The van der Waals surface area contributed by atoms with Crippen LogP contribution in [0.25, 0.3) is 11.4 Å². The van der Waals surface area contributed by atoms with Crippen molar-refractivity contribution in [2.45, 2.75) is 89.9 Å². The van der Waals surface area contributed by atoms with Crippen LogP contribution >= 0.6 is 0 Å². The lowest BCUT2D eigenvalue weighted by molar-refractivity contribution is 0.0818.